The number of nitrogens with zero attached hydrogens (tertiary/aromatic N) is 1. The van der Waals surface area contributed by atoms with Gasteiger partial charge in [0.15, 0.2) is 0 Å². The van der Waals surface area contributed by atoms with Crippen LogP contribution >= 0.6 is 0 Å². The number of rotatable bonds is 8. The molecule has 1 aliphatic rings. The van der Waals surface area contributed by atoms with Gasteiger partial charge in [0.2, 0.25) is 0 Å². The number of halogens is 1. The van der Waals surface area contributed by atoms with E-state index >= 15 is 0 Å². The van der Waals surface area contributed by atoms with Gasteiger partial charge in [-0.3, -0.25) is 9.59 Å². The van der Waals surface area contributed by atoms with Crippen molar-refractivity contribution in [3.8, 4) is 5.75 Å². The summed E-state index contributed by atoms with van der Waals surface area (Å²) < 4.78 is 24.8. The number of carbonyl (C=O) groups excluding carboxylic acids is 2. The second-order valence-electron chi connectivity index (χ2n) is 7.85. The van der Waals surface area contributed by atoms with Crippen molar-refractivity contribution in [2.75, 3.05) is 20.3 Å². The Hall–Kier alpha value is -3.19. The smallest absolute Gasteiger partial charge is 0.295 e. The van der Waals surface area contributed by atoms with Crippen molar-refractivity contribution < 1.29 is 28.6 Å². The van der Waals surface area contributed by atoms with E-state index in [0.717, 1.165) is 18.1 Å². The van der Waals surface area contributed by atoms with Gasteiger partial charge in [0, 0.05) is 6.54 Å². The molecule has 1 unspecified atom stereocenters. The van der Waals surface area contributed by atoms with E-state index in [1.54, 1.807) is 0 Å². The number of likely N-dealkylation sites (tertiary alicyclic amines) is 1. The lowest BCUT2D eigenvalue weighted by Gasteiger charge is -2.26. The maximum absolute atomic E-state index is 14.0. The molecule has 0 saturated carbocycles. The zero-order chi connectivity index (χ0) is 23.4. The summed E-state index contributed by atoms with van der Waals surface area (Å²) in [7, 11) is 1.38. The summed E-state index contributed by atoms with van der Waals surface area (Å²) >= 11 is 0. The van der Waals surface area contributed by atoms with Crippen LogP contribution in [0.3, 0.4) is 0 Å². The summed E-state index contributed by atoms with van der Waals surface area (Å²) in [5, 5.41) is 11.1. The van der Waals surface area contributed by atoms with Gasteiger partial charge >= 0.3 is 0 Å². The molecule has 0 aromatic heterocycles. The highest BCUT2D eigenvalue weighted by Crippen LogP contribution is 2.41. The lowest BCUT2D eigenvalue weighted by Crippen LogP contribution is -2.33. The third-order valence-electron chi connectivity index (χ3n) is 5.44. The average molecular weight is 441 g/mol. The minimum absolute atomic E-state index is 0.0131. The Morgan fingerprint density at radius 1 is 1.16 bits per heavy atom. The summed E-state index contributed by atoms with van der Waals surface area (Å²) in [6.45, 7) is 6.19. The van der Waals surface area contributed by atoms with Crippen LogP contribution in [0.1, 0.15) is 43.5 Å². The van der Waals surface area contributed by atoms with E-state index in [1.807, 2.05) is 45.0 Å². The van der Waals surface area contributed by atoms with Gasteiger partial charge in [-0.2, -0.15) is 0 Å². The molecule has 1 N–H and O–H groups in total. The van der Waals surface area contributed by atoms with Crippen molar-refractivity contribution in [3.63, 3.8) is 0 Å². The molecule has 2 aromatic rings. The lowest BCUT2D eigenvalue weighted by atomic mass is 9.94. The molecular formula is C25H28FNO5. The predicted molar refractivity (Wildman–Crippen MR) is 119 cm³/mol. The van der Waals surface area contributed by atoms with Crippen molar-refractivity contribution in [1.29, 1.82) is 0 Å². The lowest BCUT2D eigenvalue weighted by molar-refractivity contribution is -0.140. The Bertz CT molecular complexity index is 1030. The number of carbonyl (C=O) groups is 2. The molecule has 1 amide bonds. The molecule has 0 aliphatic carbocycles. The van der Waals surface area contributed by atoms with Crippen molar-refractivity contribution in [2.24, 2.45) is 0 Å². The van der Waals surface area contributed by atoms with Crippen molar-refractivity contribution >= 4 is 17.4 Å². The monoisotopic (exact) mass is 441 g/mol. The summed E-state index contributed by atoms with van der Waals surface area (Å²) in [4.78, 5) is 27.4. The van der Waals surface area contributed by atoms with E-state index in [0.29, 0.717) is 5.56 Å². The molecule has 6 nitrogen and oxygen atoms in total. The van der Waals surface area contributed by atoms with Crippen molar-refractivity contribution in [2.45, 2.75) is 39.3 Å². The van der Waals surface area contributed by atoms with E-state index in [9.17, 15) is 19.1 Å². The molecule has 0 radical (unpaired) electrons. The number of benzene rings is 2. The number of aliphatic hydroxyl groups is 1. The molecule has 1 atom stereocenters. The Balaban J connectivity index is 2.15. The quantitative estimate of drug-likeness (QED) is 0.377. The normalized spacial score (nSPS) is 17.9. The highest BCUT2D eigenvalue weighted by atomic mass is 19.1. The van der Waals surface area contributed by atoms with Crippen LogP contribution in [-0.4, -0.2) is 48.1 Å². The number of Topliss-reactive ketones (excluding diaryl/α,β-unsaturated/α-hetero) is 1. The first kappa shape index (κ1) is 23.5. The molecular weight excluding hydrogens is 413 g/mol. The first-order chi connectivity index (χ1) is 15.3. The molecule has 2 aromatic carbocycles. The third-order valence-corrected chi connectivity index (χ3v) is 5.44. The number of aryl methyl sites for hydroxylation is 1. The largest absolute Gasteiger partial charge is 0.507 e. The molecule has 1 heterocycles. The fourth-order valence-electron chi connectivity index (χ4n) is 3.79. The number of methoxy groups -OCH3 is 1. The van der Waals surface area contributed by atoms with E-state index in [4.69, 9.17) is 9.47 Å². The molecule has 0 spiro atoms. The summed E-state index contributed by atoms with van der Waals surface area (Å²) in [5.74, 6) is -2.45. The van der Waals surface area contributed by atoms with Gasteiger partial charge in [0.1, 0.15) is 17.3 Å². The molecule has 1 saturated heterocycles. The molecule has 7 heteroatoms. The molecule has 32 heavy (non-hydrogen) atoms. The van der Waals surface area contributed by atoms with Gasteiger partial charge in [0.05, 0.1) is 37.0 Å². The van der Waals surface area contributed by atoms with Gasteiger partial charge in [-0.1, -0.05) is 31.2 Å². The number of ketones is 1. The van der Waals surface area contributed by atoms with Gasteiger partial charge < -0.3 is 19.5 Å². The van der Waals surface area contributed by atoms with E-state index in [1.165, 1.54) is 24.1 Å². The number of ether oxygens (including phenoxy) is 2. The molecule has 0 bridgehead atoms. The highest BCUT2D eigenvalue weighted by Gasteiger charge is 2.46. The highest BCUT2D eigenvalue weighted by molar-refractivity contribution is 6.46. The Morgan fingerprint density at radius 3 is 2.44 bits per heavy atom. The fourth-order valence-corrected chi connectivity index (χ4v) is 3.79. The summed E-state index contributed by atoms with van der Waals surface area (Å²) in [5.41, 5.74) is 1.68. The first-order valence-electron chi connectivity index (χ1n) is 10.6. The SMILES string of the molecule is CCc1ccc(C2/C(=C(\O)c3cc(F)ccc3OC)C(=O)C(=O)N2CCOC(C)C)cc1. The van der Waals surface area contributed by atoms with Crippen LogP contribution in [0.2, 0.25) is 0 Å². The van der Waals surface area contributed by atoms with Crippen LogP contribution in [0.15, 0.2) is 48.0 Å². The van der Waals surface area contributed by atoms with Crippen LogP contribution in [-0.2, 0) is 20.7 Å². The van der Waals surface area contributed by atoms with Crippen LogP contribution in [0, 0.1) is 5.82 Å². The van der Waals surface area contributed by atoms with Gasteiger partial charge in [-0.05, 0) is 49.6 Å². The number of aliphatic hydroxyl groups excluding tert-OH is 1. The minimum atomic E-state index is -0.831. The maximum Gasteiger partial charge on any atom is 0.295 e. The van der Waals surface area contributed by atoms with Crippen LogP contribution < -0.4 is 4.74 Å². The first-order valence-corrected chi connectivity index (χ1v) is 10.6. The van der Waals surface area contributed by atoms with Gasteiger partial charge in [0.25, 0.3) is 11.7 Å². The van der Waals surface area contributed by atoms with Crippen molar-refractivity contribution in [1.82, 2.24) is 4.90 Å². The maximum atomic E-state index is 14.0. The van der Waals surface area contributed by atoms with Gasteiger partial charge in [-0.25, -0.2) is 4.39 Å². The van der Waals surface area contributed by atoms with Crippen LogP contribution in [0.4, 0.5) is 4.39 Å². The second kappa shape index (κ2) is 9.96. The van der Waals surface area contributed by atoms with E-state index < -0.39 is 29.3 Å². The Kier molecular flexibility index (Phi) is 7.30. The third kappa shape index (κ3) is 4.67. The molecule has 1 fully saturated rings. The number of hydrogen-bond donors (Lipinski definition) is 1. The van der Waals surface area contributed by atoms with E-state index in [2.05, 4.69) is 0 Å². The summed E-state index contributed by atoms with van der Waals surface area (Å²) in [6.07, 6.45) is 0.800. The average Bonchev–Trinajstić information content (AvgIpc) is 3.03. The topological polar surface area (TPSA) is 76.1 Å². The number of hydrogen-bond acceptors (Lipinski definition) is 5. The van der Waals surface area contributed by atoms with Gasteiger partial charge in [-0.15, -0.1) is 0 Å². The number of amides is 1. The Morgan fingerprint density at radius 2 is 1.84 bits per heavy atom. The minimum Gasteiger partial charge on any atom is -0.507 e. The zero-order valence-corrected chi connectivity index (χ0v) is 18.7. The predicted octanol–water partition coefficient (Wildman–Crippen LogP) is 4.24. The molecule has 3 rings (SSSR count). The zero-order valence-electron chi connectivity index (χ0n) is 18.7. The standard InChI is InChI=1S/C25H28FNO5/c1-5-16-6-8-17(9-7-16)22-21(23(28)19-14-18(26)10-11-20(19)31-4)24(29)25(30)27(22)12-13-32-15(2)3/h6-11,14-15,22,28H,5,12-13H2,1-4H3/b23-21+. The second-order valence-corrected chi connectivity index (χ2v) is 7.85. The van der Waals surface area contributed by atoms with Crippen LogP contribution in [0.5, 0.6) is 5.75 Å². The van der Waals surface area contributed by atoms with Crippen LogP contribution in [0.25, 0.3) is 5.76 Å². The molecule has 1 aliphatic heterocycles. The fraction of sp³-hybridized carbons (Fsp3) is 0.360. The van der Waals surface area contributed by atoms with Crippen molar-refractivity contribution in [3.05, 3.63) is 70.5 Å². The summed E-state index contributed by atoms with van der Waals surface area (Å²) in [6, 6.07) is 10.3. The Labute approximate surface area is 187 Å². The van der Waals surface area contributed by atoms with E-state index in [-0.39, 0.29) is 36.1 Å². The molecule has 170 valence electrons.